The van der Waals surface area contributed by atoms with E-state index < -0.39 is 11.6 Å². The van der Waals surface area contributed by atoms with E-state index in [0.29, 0.717) is 11.5 Å². The van der Waals surface area contributed by atoms with E-state index in [-0.39, 0.29) is 6.29 Å². The number of halogens is 2. The SMILES string of the molecule is CCCC1COC(CCc2ccc(-c3ccc(F)c(F)c3)cc2)OC1. The Morgan fingerprint density at radius 3 is 2.20 bits per heavy atom. The summed E-state index contributed by atoms with van der Waals surface area (Å²) in [6, 6.07) is 11.9. The molecule has 3 rings (SSSR count). The monoisotopic (exact) mass is 346 g/mol. The molecule has 0 atom stereocenters. The smallest absolute Gasteiger partial charge is 0.159 e. The van der Waals surface area contributed by atoms with Gasteiger partial charge < -0.3 is 9.47 Å². The van der Waals surface area contributed by atoms with Gasteiger partial charge in [-0.1, -0.05) is 43.7 Å². The molecule has 0 aromatic heterocycles. The Labute approximate surface area is 147 Å². The number of ether oxygens (including phenoxy) is 2. The Morgan fingerprint density at radius 1 is 0.880 bits per heavy atom. The fourth-order valence-corrected chi connectivity index (χ4v) is 3.15. The lowest BCUT2D eigenvalue weighted by molar-refractivity contribution is -0.203. The van der Waals surface area contributed by atoms with Gasteiger partial charge in [0.25, 0.3) is 0 Å². The fourth-order valence-electron chi connectivity index (χ4n) is 3.15. The molecule has 0 aliphatic carbocycles. The van der Waals surface area contributed by atoms with Crippen molar-refractivity contribution in [1.29, 1.82) is 0 Å². The van der Waals surface area contributed by atoms with Crippen LogP contribution in [0, 0.1) is 17.6 Å². The number of rotatable bonds is 6. The van der Waals surface area contributed by atoms with Gasteiger partial charge in [0.05, 0.1) is 13.2 Å². The quantitative estimate of drug-likeness (QED) is 0.701. The Kier molecular flexibility index (Phi) is 6.16. The summed E-state index contributed by atoms with van der Waals surface area (Å²) in [4.78, 5) is 0. The first kappa shape index (κ1) is 18.0. The third kappa shape index (κ3) is 4.86. The van der Waals surface area contributed by atoms with E-state index in [0.717, 1.165) is 50.5 Å². The highest BCUT2D eigenvalue weighted by Crippen LogP contribution is 2.23. The van der Waals surface area contributed by atoms with Crippen molar-refractivity contribution < 1.29 is 18.3 Å². The van der Waals surface area contributed by atoms with E-state index in [1.54, 1.807) is 6.07 Å². The van der Waals surface area contributed by atoms with E-state index in [2.05, 4.69) is 6.92 Å². The van der Waals surface area contributed by atoms with Crippen LogP contribution in [-0.4, -0.2) is 19.5 Å². The summed E-state index contributed by atoms with van der Waals surface area (Å²) in [6.45, 7) is 3.75. The highest BCUT2D eigenvalue weighted by atomic mass is 19.2. The molecule has 0 spiro atoms. The number of hydrogen-bond acceptors (Lipinski definition) is 2. The Bertz CT molecular complexity index is 677. The Balaban J connectivity index is 1.52. The van der Waals surface area contributed by atoms with Gasteiger partial charge in [-0.2, -0.15) is 0 Å². The minimum atomic E-state index is -0.825. The van der Waals surface area contributed by atoms with Crippen molar-refractivity contribution in [2.75, 3.05) is 13.2 Å². The number of hydrogen-bond donors (Lipinski definition) is 0. The van der Waals surface area contributed by atoms with Crippen LogP contribution in [0.3, 0.4) is 0 Å². The molecular formula is C21H24F2O2. The topological polar surface area (TPSA) is 18.5 Å². The van der Waals surface area contributed by atoms with E-state index in [4.69, 9.17) is 9.47 Å². The molecule has 0 bridgehead atoms. The summed E-state index contributed by atoms with van der Waals surface area (Å²) >= 11 is 0. The van der Waals surface area contributed by atoms with Crippen LogP contribution >= 0.6 is 0 Å². The molecule has 0 unspecified atom stereocenters. The fraction of sp³-hybridized carbons (Fsp3) is 0.429. The summed E-state index contributed by atoms with van der Waals surface area (Å²) in [7, 11) is 0. The van der Waals surface area contributed by atoms with Crippen LogP contribution in [0.4, 0.5) is 8.78 Å². The average Bonchev–Trinajstić information content (AvgIpc) is 2.64. The molecule has 1 heterocycles. The second kappa shape index (κ2) is 8.54. The molecule has 4 heteroatoms. The molecule has 2 aromatic rings. The zero-order valence-corrected chi connectivity index (χ0v) is 14.5. The third-order valence-electron chi connectivity index (χ3n) is 4.61. The van der Waals surface area contributed by atoms with Crippen LogP contribution in [-0.2, 0) is 15.9 Å². The number of aryl methyl sites for hydroxylation is 1. The van der Waals surface area contributed by atoms with Gasteiger partial charge in [0.1, 0.15) is 0 Å². The second-order valence-electron chi connectivity index (χ2n) is 6.62. The van der Waals surface area contributed by atoms with Crippen molar-refractivity contribution in [3.8, 4) is 11.1 Å². The summed E-state index contributed by atoms with van der Waals surface area (Å²) < 4.78 is 37.9. The molecule has 0 saturated carbocycles. The van der Waals surface area contributed by atoms with Crippen LogP contribution in [0.25, 0.3) is 11.1 Å². The maximum absolute atomic E-state index is 13.3. The van der Waals surface area contributed by atoms with Crippen molar-refractivity contribution >= 4 is 0 Å². The van der Waals surface area contributed by atoms with Crippen molar-refractivity contribution in [1.82, 2.24) is 0 Å². The van der Waals surface area contributed by atoms with Crippen molar-refractivity contribution in [3.05, 3.63) is 59.7 Å². The standard InChI is InChI=1S/C21H24F2O2/c1-2-3-16-13-24-21(25-14-16)11-6-15-4-7-17(8-5-15)18-9-10-19(22)20(23)12-18/h4-5,7-10,12,16,21H,2-3,6,11,13-14H2,1H3. The van der Waals surface area contributed by atoms with E-state index >= 15 is 0 Å². The first-order valence-corrected chi connectivity index (χ1v) is 8.93. The first-order valence-electron chi connectivity index (χ1n) is 8.93. The normalized spacial score (nSPS) is 20.6. The lowest BCUT2D eigenvalue weighted by Crippen LogP contribution is -2.32. The lowest BCUT2D eigenvalue weighted by atomic mass is 10.0. The van der Waals surface area contributed by atoms with Gasteiger partial charge in [-0.05, 0) is 41.7 Å². The van der Waals surface area contributed by atoms with Gasteiger partial charge in [-0.25, -0.2) is 8.78 Å². The summed E-state index contributed by atoms with van der Waals surface area (Å²) in [6.07, 6.45) is 3.87. The molecule has 0 N–H and O–H groups in total. The zero-order chi connectivity index (χ0) is 17.6. The van der Waals surface area contributed by atoms with Gasteiger partial charge >= 0.3 is 0 Å². The van der Waals surface area contributed by atoms with Crippen molar-refractivity contribution in [3.63, 3.8) is 0 Å². The molecule has 2 nitrogen and oxygen atoms in total. The third-order valence-corrected chi connectivity index (χ3v) is 4.61. The van der Waals surface area contributed by atoms with Crippen LogP contribution in [0.1, 0.15) is 31.7 Å². The number of benzene rings is 2. The highest BCUT2D eigenvalue weighted by Gasteiger charge is 2.21. The molecule has 25 heavy (non-hydrogen) atoms. The largest absolute Gasteiger partial charge is 0.352 e. The second-order valence-corrected chi connectivity index (χ2v) is 6.62. The van der Waals surface area contributed by atoms with Crippen LogP contribution < -0.4 is 0 Å². The highest BCUT2D eigenvalue weighted by molar-refractivity contribution is 5.63. The molecule has 0 amide bonds. The maximum atomic E-state index is 13.3. The Hall–Kier alpha value is -1.78. The Morgan fingerprint density at radius 2 is 1.56 bits per heavy atom. The molecule has 0 radical (unpaired) electrons. The van der Waals surface area contributed by atoms with Gasteiger partial charge in [-0.15, -0.1) is 0 Å². The summed E-state index contributed by atoms with van der Waals surface area (Å²) in [5.41, 5.74) is 2.72. The molecule has 2 aromatic carbocycles. The van der Waals surface area contributed by atoms with Crippen LogP contribution in [0.2, 0.25) is 0 Å². The van der Waals surface area contributed by atoms with Gasteiger partial charge in [0.2, 0.25) is 0 Å². The lowest BCUT2D eigenvalue weighted by Gasteiger charge is -2.29. The average molecular weight is 346 g/mol. The predicted octanol–water partition coefficient (Wildman–Crippen LogP) is 5.35. The van der Waals surface area contributed by atoms with Gasteiger partial charge in [-0.3, -0.25) is 0 Å². The molecule has 1 fully saturated rings. The minimum absolute atomic E-state index is 0.126. The molecule has 1 aliphatic heterocycles. The van der Waals surface area contributed by atoms with Crippen molar-refractivity contribution in [2.24, 2.45) is 5.92 Å². The van der Waals surface area contributed by atoms with E-state index in [9.17, 15) is 8.78 Å². The summed E-state index contributed by atoms with van der Waals surface area (Å²) in [5, 5.41) is 0. The predicted molar refractivity (Wildman–Crippen MR) is 94.2 cm³/mol. The van der Waals surface area contributed by atoms with E-state index in [1.807, 2.05) is 24.3 Å². The molecule has 1 aliphatic rings. The summed E-state index contributed by atoms with van der Waals surface area (Å²) in [5.74, 6) is -1.12. The molecular weight excluding hydrogens is 322 g/mol. The van der Waals surface area contributed by atoms with Crippen LogP contribution in [0.15, 0.2) is 42.5 Å². The minimum Gasteiger partial charge on any atom is -0.352 e. The zero-order valence-electron chi connectivity index (χ0n) is 14.5. The van der Waals surface area contributed by atoms with Gasteiger partial charge in [0.15, 0.2) is 17.9 Å². The van der Waals surface area contributed by atoms with Crippen LogP contribution in [0.5, 0.6) is 0 Å². The maximum Gasteiger partial charge on any atom is 0.159 e. The van der Waals surface area contributed by atoms with Gasteiger partial charge in [0, 0.05) is 12.3 Å². The van der Waals surface area contributed by atoms with E-state index in [1.165, 1.54) is 11.6 Å². The van der Waals surface area contributed by atoms with Crippen molar-refractivity contribution in [2.45, 2.75) is 38.9 Å². The first-order chi connectivity index (χ1) is 12.2. The molecule has 1 saturated heterocycles. The molecule has 134 valence electrons.